The minimum Gasteiger partial charge on any atom is -0.440 e. The molecule has 1 fully saturated rings. The molecule has 2 aromatic rings. The summed E-state index contributed by atoms with van der Waals surface area (Å²) in [5.74, 6) is 0. The van der Waals surface area contributed by atoms with Crippen molar-refractivity contribution in [1.82, 2.24) is 4.31 Å². The smallest absolute Gasteiger partial charge is 0.425 e. The topological polar surface area (TPSA) is 63.7 Å². The summed E-state index contributed by atoms with van der Waals surface area (Å²) >= 11 is 0. The van der Waals surface area contributed by atoms with Crippen LogP contribution in [0.15, 0.2) is 72.1 Å². The zero-order chi connectivity index (χ0) is 18.0. The summed E-state index contributed by atoms with van der Waals surface area (Å²) in [4.78, 5) is 12.6. The van der Waals surface area contributed by atoms with Crippen LogP contribution in [0.1, 0.15) is 23.7 Å². The van der Waals surface area contributed by atoms with E-state index in [0.29, 0.717) is 6.42 Å². The molecule has 0 bridgehead atoms. The summed E-state index contributed by atoms with van der Waals surface area (Å²) < 4.78 is 32.0. The van der Waals surface area contributed by atoms with Gasteiger partial charge in [0.2, 0.25) is 0 Å². The van der Waals surface area contributed by atoms with Crippen LogP contribution in [0.2, 0.25) is 0 Å². The lowest BCUT2D eigenvalue weighted by Crippen LogP contribution is -2.48. The number of benzene rings is 2. The Morgan fingerprint density at radius 3 is 2.36 bits per heavy atom. The van der Waals surface area contributed by atoms with Crippen molar-refractivity contribution in [3.05, 3.63) is 78.4 Å². The molecule has 0 unspecified atom stereocenters. The van der Waals surface area contributed by atoms with Gasteiger partial charge in [0.15, 0.2) is 0 Å². The van der Waals surface area contributed by atoms with Gasteiger partial charge in [0.05, 0.1) is 10.9 Å². The molecule has 1 saturated heterocycles. The average molecular weight is 357 g/mol. The molecule has 0 aromatic heterocycles. The average Bonchev–Trinajstić information content (AvgIpc) is 2.61. The Morgan fingerprint density at radius 2 is 1.76 bits per heavy atom. The SMILES string of the molecule is C=C[C@@H]1C[C@@H](c2ccccc2)OC(=O)N1S(=O)(=O)c1ccc(C)cc1. The van der Waals surface area contributed by atoms with Crippen LogP contribution in [0.25, 0.3) is 0 Å². The second-order valence-electron chi connectivity index (χ2n) is 5.94. The molecule has 0 N–H and O–H groups in total. The van der Waals surface area contributed by atoms with Gasteiger partial charge in [0.1, 0.15) is 6.10 Å². The van der Waals surface area contributed by atoms with E-state index in [9.17, 15) is 13.2 Å². The summed E-state index contributed by atoms with van der Waals surface area (Å²) in [6.45, 7) is 5.57. The number of hydrogen-bond donors (Lipinski definition) is 0. The van der Waals surface area contributed by atoms with Gasteiger partial charge < -0.3 is 4.74 Å². The lowest BCUT2D eigenvalue weighted by Gasteiger charge is -2.36. The van der Waals surface area contributed by atoms with Gasteiger partial charge >= 0.3 is 6.09 Å². The van der Waals surface area contributed by atoms with Crippen LogP contribution in [0.5, 0.6) is 0 Å². The summed E-state index contributed by atoms with van der Waals surface area (Å²) in [6, 6.07) is 15.0. The van der Waals surface area contributed by atoms with Crippen LogP contribution in [0.4, 0.5) is 4.79 Å². The quantitative estimate of drug-likeness (QED) is 0.780. The standard InChI is InChI=1S/C19H19NO4S/c1-3-16-13-18(15-7-5-4-6-8-15)24-19(21)20(16)25(22,23)17-11-9-14(2)10-12-17/h3-12,16,18H,1,13H2,2H3/t16-,18+/m1/s1. The fourth-order valence-corrected chi connectivity index (χ4v) is 4.31. The van der Waals surface area contributed by atoms with Crippen molar-refractivity contribution in [3.8, 4) is 0 Å². The molecule has 5 nitrogen and oxygen atoms in total. The largest absolute Gasteiger partial charge is 0.440 e. The lowest BCUT2D eigenvalue weighted by molar-refractivity contribution is 0.0354. The molecule has 0 radical (unpaired) electrons. The van der Waals surface area contributed by atoms with Crippen molar-refractivity contribution in [3.63, 3.8) is 0 Å². The monoisotopic (exact) mass is 357 g/mol. The predicted molar refractivity (Wildman–Crippen MR) is 94.5 cm³/mol. The molecule has 2 atom stereocenters. The number of hydrogen-bond acceptors (Lipinski definition) is 4. The van der Waals surface area contributed by atoms with Crippen molar-refractivity contribution in [2.75, 3.05) is 0 Å². The summed E-state index contributed by atoms with van der Waals surface area (Å²) in [5.41, 5.74) is 1.76. The Balaban J connectivity index is 1.93. The number of sulfonamides is 1. The van der Waals surface area contributed by atoms with Gasteiger partial charge in [-0.15, -0.1) is 6.58 Å². The maximum absolute atomic E-state index is 12.9. The van der Waals surface area contributed by atoms with E-state index in [0.717, 1.165) is 15.4 Å². The molecule has 1 heterocycles. The van der Waals surface area contributed by atoms with Crippen molar-refractivity contribution >= 4 is 16.1 Å². The van der Waals surface area contributed by atoms with Gasteiger partial charge in [-0.05, 0) is 24.6 Å². The molecular weight excluding hydrogens is 338 g/mol. The van der Waals surface area contributed by atoms with Gasteiger partial charge in [-0.25, -0.2) is 13.2 Å². The number of cyclic esters (lactones) is 1. The van der Waals surface area contributed by atoms with Crippen LogP contribution in [-0.4, -0.2) is 24.9 Å². The second kappa shape index (κ2) is 6.72. The fraction of sp³-hybridized carbons (Fsp3) is 0.211. The molecule has 0 aliphatic carbocycles. The lowest BCUT2D eigenvalue weighted by atomic mass is 10.0. The first-order valence-corrected chi connectivity index (χ1v) is 9.36. The van der Waals surface area contributed by atoms with Gasteiger partial charge in [-0.1, -0.05) is 54.1 Å². The minimum absolute atomic E-state index is 0.0556. The van der Waals surface area contributed by atoms with Gasteiger partial charge in [0.25, 0.3) is 10.0 Å². The summed E-state index contributed by atoms with van der Waals surface area (Å²) in [6.07, 6.45) is 0.415. The Kier molecular flexibility index (Phi) is 4.63. The maximum atomic E-state index is 12.9. The summed E-state index contributed by atoms with van der Waals surface area (Å²) in [5, 5.41) is 0. The van der Waals surface area contributed by atoms with E-state index in [-0.39, 0.29) is 4.90 Å². The number of nitrogens with zero attached hydrogens (tertiary/aromatic N) is 1. The third-order valence-corrected chi connectivity index (χ3v) is 6.01. The van der Waals surface area contributed by atoms with Gasteiger partial charge in [-0.2, -0.15) is 4.31 Å². The highest BCUT2D eigenvalue weighted by molar-refractivity contribution is 7.89. The zero-order valence-corrected chi connectivity index (χ0v) is 14.6. The van der Waals surface area contributed by atoms with Crippen LogP contribution in [0.3, 0.4) is 0 Å². The van der Waals surface area contributed by atoms with E-state index in [4.69, 9.17) is 4.74 Å². The first-order chi connectivity index (χ1) is 11.9. The van der Waals surface area contributed by atoms with Gasteiger partial charge in [-0.3, -0.25) is 0 Å². The molecule has 130 valence electrons. The maximum Gasteiger partial charge on any atom is 0.425 e. The Labute approximate surface area is 147 Å². The molecule has 1 aliphatic heterocycles. The van der Waals surface area contributed by atoms with Crippen LogP contribution in [0, 0.1) is 6.92 Å². The molecule has 2 aromatic carbocycles. The first-order valence-electron chi connectivity index (χ1n) is 7.92. The van der Waals surface area contributed by atoms with Crippen molar-refractivity contribution in [2.24, 2.45) is 0 Å². The Hall–Kier alpha value is -2.60. The van der Waals surface area contributed by atoms with Crippen molar-refractivity contribution in [2.45, 2.75) is 30.4 Å². The van der Waals surface area contributed by atoms with Crippen molar-refractivity contribution < 1.29 is 17.9 Å². The number of amides is 1. The molecule has 6 heteroatoms. The predicted octanol–water partition coefficient (Wildman–Crippen LogP) is 3.82. The van der Waals surface area contributed by atoms with E-state index in [1.54, 1.807) is 12.1 Å². The normalized spacial score (nSPS) is 20.8. The third kappa shape index (κ3) is 3.30. The Bertz CT molecular complexity index is 875. The van der Waals surface area contributed by atoms with Crippen LogP contribution < -0.4 is 0 Å². The number of carbonyl (C=O) groups excluding carboxylic acids is 1. The number of aryl methyl sites for hydroxylation is 1. The molecule has 1 amide bonds. The number of carbonyl (C=O) groups is 1. The minimum atomic E-state index is -4.01. The molecule has 0 spiro atoms. The molecule has 1 aliphatic rings. The van der Waals surface area contributed by atoms with Crippen LogP contribution >= 0.6 is 0 Å². The highest BCUT2D eigenvalue weighted by atomic mass is 32.2. The van der Waals surface area contributed by atoms with E-state index in [1.165, 1.54) is 18.2 Å². The summed E-state index contributed by atoms with van der Waals surface area (Å²) in [7, 11) is -4.01. The van der Waals surface area contributed by atoms with E-state index in [1.807, 2.05) is 37.3 Å². The number of rotatable bonds is 4. The first kappa shape index (κ1) is 17.2. The highest BCUT2D eigenvalue weighted by Gasteiger charge is 2.42. The van der Waals surface area contributed by atoms with Gasteiger partial charge in [0, 0.05) is 6.42 Å². The van der Waals surface area contributed by atoms with E-state index in [2.05, 4.69) is 6.58 Å². The second-order valence-corrected chi connectivity index (χ2v) is 7.75. The Morgan fingerprint density at radius 1 is 1.12 bits per heavy atom. The zero-order valence-electron chi connectivity index (χ0n) is 13.8. The highest BCUT2D eigenvalue weighted by Crippen LogP contribution is 2.34. The van der Waals surface area contributed by atoms with Crippen molar-refractivity contribution in [1.29, 1.82) is 0 Å². The third-order valence-electron chi connectivity index (χ3n) is 4.20. The van der Waals surface area contributed by atoms with Crippen LogP contribution in [-0.2, 0) is 14.8 Å². The molecule has 0 saturated carbocycles. The van der Waals surface area contributed by atoms with E-state index < -0.39 is 28.3 Å². The van der Waals surface area contributed by atoms with E-state index >= 15 is 0 Å². The number of ether oxygens (including phenoxy) is 1. The molecular formula is C19H19NO4S. The fourth-order valence-electron chi connectivity index (χ4n) is 2.84. The molecule has 3 rings (SSSR count). The molecule has 25 heavy (non-hydrogen) atoms.